The number of rotatable bonds is 4. The van der Waals surface area contributed by atoms with Crippen LogP contribution in [0.1, 0.15) is 42.0 Å². The van der Waals surface area contributed by atoms with E-state index in [1.54, 1.807) is 0 Å². The van der Waals surface area contributed by atoms with Gasteiger partial charge in [0, 0.05) is 44.6 Å². The largest absolute Gasteiger partial charge is 0.377 e. The number of hydrogen-bond acceptors (Lipinski definition) is 3. The second-order valence-electron chi connectivity index (χ2n) is 6.92. The Bertz CT molecular complexity index is 711. The van der Waals surface area contributed by atoms with E-state index >= 15 is 0 Å². The minimum Gasteiger partial charge on any atom is -0.377 e. The highest BCUT2D eigenvalue weighted by Crippen LogP contribution is 2.30. The Morgan fingerprint density at radius 3 is 2.96 bits per heavy atom. The number of urea groups is 1. The normalized spacial score (nSPS) is 17.4. The molecule has 1 aliphatic rings. The number of H-pyrrole nitrogens is 1. The van der Waals surface area contributed by atoms with Crippen LogP contribution in [-0.4, -0.2) is 41.8 Å². The number of nitrogens with zero attached hydrogens (tertiary/aromatic N) is 3. The molecule has 2 amide bonds. The SMILES string of the molecule is Cc1ccc(CNC(=O)N2CCCC[C@H]2c2cn[nH]c2)c(N(C)C)c1. The van der Waals surface area contributed by atoms with Crippen LogP contribution in [0.25, 0.3) is 0 Å². The minimum absolute atomic E-state index is 0.00354. The van der Waals surface area contributed by atoms with E-state index in [0.29, 0.717) is 6.54 Å². The van der Waals surface area contributed by atoms with Crippen molar-refractivity contribution in [3.05, 3.63) is 47.3 Å². The fraction of sp³-hybridized carbons (Fsp3) is 0.474. The number of likely N-dealkylation sites (tertiary alicyclic amines) is 1. The summed E-state index contributed by atoms with van der Waals surface area (Å²) in [5, 5.41) is 10.00. The first-order valence-electron chi connectivity index (χ1n) is 8.86. The van der Waals surface area contributed by atoms with E-state index in [2.05, 4.69) is 45.5 Å². The minimum atomic E-state index is -0.00354. The third-order valence-corrected chi connectivity index (χ3v) is 4.82. The van der Waals surface area contributed by atoms with Crippen molar-refractivity contribution < 1.29 is 4.79 Å². The van der Waals surface area contributed by atoms with Gasteiger partial charge in [-0.3, -0.25) is 5.10 Å². The Hall–Kier alpha value is -2.50. The summed E-state index contributed by atoms with van der Waals surface area (Å²) in [5.74, 6) is 0. The summed E-state index contributed by atoms with van der Waals surface area (Å²) in [5.41, 5.74) is 4.57. The fourth-order valence-corrected chi connectivity index (χ4v) is 3.48. The molecule has 1 aromatic carbocycles. The van der Waals surface area contributed by atoms with Crippen LogP contribution in [0.2, 0.25) is 0 Å². The molecule has 0 bridgehead atoms. The van der Waals surface area contributed by atoms with E-state index in [9.17, 15) is 4.79 Å². The van der Waals surface area contributed by atoms with Crippen LogP contribution in [0.15, 0.2) is 30.6 Å². The first-order valence-corrected chi connectivity index (χ1v) is 8.86. The molecule has 0 saturated carbocycles. The molecule has 2 aromatic rings. The number of aromatic amines is 1. The van der Waals surface area contributed by atoms with Gasteiger partial charge in [-0.25, -0.2) is 4.79 Å². The molecule has 6 nitrogen and oxygen atoms in total. The molecule has 0 spiro atoms. The zero-order chi connectivity index (χ0) is 17.8. The maximum Gasteiger partial charge on any atom is 0.318 e. The van der Waals surface area contributed by atoms with E-state index in [0.717, 1.165) is 42.6 Å². The number of benzene rings is 1. The Morgan fingerprint density at radius 1 is 1.40 bits per heavy atom. The highest BCUT2D eigenvalue weighted by atomic mass is 16.2. The summed E-state index contributed by atoms with van der Waals surface area (Å²) in [4.78, 5) is 16.8. The van der Waals surface area contributed by atoms with Gasteiger partial charge in [0.1, 0.15) is 0 Å². The lowest BCUT2D eigenvalue weighted by molar-refractivity contribution is 0.151. The summed E-state index contributed by atoms with van der Waals surface area (Å²) >= 11 is 0. The number of piperidine rings is 1. The molecule has 1 saturated heterocycles. The van der Waals surface area contributed by atoms with Crippen molar-refractivity contribution in [1.82, 2.24) is 20.4 Å². The quantitative estimate of drug-likeness (QED) is 0.897. The predicted molar refractivity (Wildman–Crippen MR) is 99.6 cm³/mol. The molecule has 1 fully saturated rings. The molecule has 0 unspecified atom stereocenters. The summed E-state index contributed by atoms with van der Waals surface area (Å²) in [7, 11) is 4.05. The van der Waals surface area contributed by atoms with Crippen molar-refractivity contribution >= 4 is 11.7 Å². The van der Waals surface area contributed by atoms with E-state index in [1.807, 2.05) is 31.4 Å². The number of amides is 2. The number of aryl methyl sites for hydroxylation is 1. The molecule has 2 heterocycles. The Kier molecular flexibility index (Phi) is 5.26. The van der Waals surface area contributed by atoms with Crippen LogP contribution in [0, 0.1) is 6.92 Å². The molecule has 25 heavy (non-hydrogen) atoms. The first kappa shape index (κ1) is 17.3. The van der Waals surface area contributed by atoms with Crippen LogP contribution >= 0.6 is 0 Å². The lowest BCUT2D eigenvalue weighted by Crippen LogP contribution is -2.44. The van der Waals surface area contributed by atoms with E-state index in [-0.39, 0.29) is 12.1 Å². The van der Waals surface area contributed by atoms with E-state index in [4.69, 9.17) is 0 Å². The number of nitrogens with one attached hydrogen (secondary N) is 2. The monoisotopic (exact) mass is 341 g/mol. The maximum absolute atomic E-state index is 12.8. The lowest BCUT2D eigenvalue weighted by atomic mass is 9.98. The van der Waals surface area contributed by atoms with Gasteiger partial charge in [-0.15, -0.1) is 0 Å². The van der Waals surface area contributed by atoms with Crippen molar-refractivity contribution in [3.63, 3.8) is 0 Å². The zero-order valence-electron chi connectivity index (χ0n) is 15.2. The zero-order valence-corrected chi connectivity index (χ0v) is 15.2. The summed E-state index contributed by atoms with van der Waals surface area (Å²) in [6.45, 7) is 3.40. The third kappa shape index (κ3) is 3.95. The average Bonchev–Trinajstić information content (AvgIpc) is 3.14. The number of aromatic nitrogens is 2. The Labute approximate surface area is 149 Å². The molecule has 134 valence electrons. The molecule has 0 aliphatic carbocycles. The molecule has 1 aliphatic heterocycles. The fourth-order valence-electron chi connectivity index (χ4n) is 3.48. The Balaban J connectivity index is 1.69. The molecule has 6 heteroatoms. The van der Waals surface area contributed by atoms with Gasteiger partial charge in [-0.2, -0.15) is 5.10 Å². The van der Waals surface area contributed by atoms with Crippen molar-refractivity contribution in [3.8, 4) is 0 Å². The van der Waals surface area contributed by atoms with Crippen LogP contribution in [0.4, 0.5) is 10.5 Å². The van der Waals surface area contributed by atoms with Crippen LogP contribution < -0.4 is 10.2 Å². The second kappa shape index (κ2) is 7.59. The van der Waals surface area contributed by atoms with Crippen molar-refractivity contribution in [2.24, 2.45) is 0 Å². The first-order chi connectivity index (χ1) is 12.1. The molecule has 1 atom stereocenters. The second-order valence-corrected chi connectivity index (χ2v) is 6.92. The van der Waals surface area contributed by atoms with Gasteiger partial charge in [0.25, 0.3) is 0 Å². The van der Waals surface area contributed by atoms with Crippen molar-refractivity contribution in [2.45, 2.75) is 38.8 Å². The number of carbonyl (C=O) groups is 1. The summed E-state index contributed by atoms with van der Waals surface area (Å²) in [6.07, 6.45) is 6.89. The van der Waals surface area contributed by atoms with Gasteiger partial charge in [0.15, 0.2) is 0 Å². The topological polar surface area (TPSA) is 64.3 Å². The van der Waals surface area contributed by atoms with Gasteiger partial charge < -0.3 is 15.1 Å². The molecule has 2 N–H and O–H groups in total. The number of carbonyl (C=O) groups excluding carboxylic acids is 1. The molecule has 0 radical (unpaired) electrons. The van der Waals surface area contributed by atoms with Gasteiger partial charge >= 0.3 is 6.03 Å². The van der Waals surface area contributed by atoms with Crippen molar-refractivity contribution in [2.75, 3.05) is 25.5 Å². The predicted octanol–water partition coefficient (Wildman–Crippen LogP) is 3.22. The maximum atomic E-state index is 12.8. The number of hydrogen-bond donors (Lipinski definition) is 2. The van der Waals surface area contributed by atoms with Gasteiger partial charge in [-0.05, 0) is 43.4 Å². The van der Waals surface area contributed by atoms with Crippen LogP contribution in [0.5, 0.6) is 0 Å². The average molecular weight is 341 g/mol. The van der Waals surface area contributed by atoms with Crippen LogP contribution in [0.3, 0.4) is 0 Å². The smallest absolute Gasteiger partial charge is 0.318 e. The van der Waals surface area contributed by atoms with E-state index < -0.39 is 0 Å². The Morgan fingerprint density at radius 2 is 2.24 bits per heavy atom. The highest BCUT2D eigenvalue weighted by molar-refractivity contribution is 5.75. The number of anilines is 1. The van der Waals surface area contributed by atoms with Gasteiger partial charge in [0.05, 0.1) is 12.2 Å². The van der Waals surface area contributed by atoms with Crippen LogP contribution in [-0.2, 0) is 6.54 Å². The van der Waals surface area contributed by atoms with Gasteiger partial charge in [0.2, 0.25) is 0 Å². The highest BCUT2D eigenvalue weighted by Gasteiger charge is 2.28. The molecule has 1 aromatic heterocycles. The lowest BCUT2D eigenvalue weighted by Gasteiger charge is -2.35. The molecular weight excluding hydrogens is 314 g/mol. The summed E-state index contributed by atoms with van der Waals surface area (Å²) in [6, 6.07) is 6.43. The third-order valence-electron chi connectivity index (χ3n) is 4.82. The summed E-state index contributed by atoms with van der Waals surface area (Å²) < 4.78 is 0. The molecule has 3 rings (SSSR count). The van der Waals surface area contributed by atoms with E-state index in [1.165, 1.54) is 5.56 Å². The molecular formula is C19H27N5O. The van der Waals surface area contributed by atoms with Gasteiger partial charge in [-0.1, -0.05) is 12.1 Å². The standard InChI is InChI=1S/C19H27N5O/c1-14-7-8-15(18(10-14)23(2)3)11-20-19(25)24-9-5-4-6-17(24)16-12-21-22-13-16/h7-8,10,12-13,17H,4-6,9,11H2,1-3H3,(H,20,25)(H,21,22)/t17-/m0/s1. The van der Waals surface area contributed by atoms with Crippen molar-refractivity contribution in [1.29, 1.82) is 0 Å².